The molecule has 2 aromatic rings. The molecule has 2 fully saturated rings. The van der Waals surface area contributed by atoms with Crippen molar-refractivity contribution in [1.29, 1.82) is 0 Å². The first kappa shape index (κ1) is 25.5. The highest BCUT2D eigenvalue weighted by Gasteiger charge is 2.47. The van der Waals surface area contributed by atoms with E-state index < -0.39 is 11.5 Å². The normalized spacial score (nSPS) is 22.1. The third kappa shape index (κ3) is 5.14. The van der Waals surface area contributed by atoms with E-state index in [4.69, 9.17) is 0 Å². The molecule has 3 heterocycles. The number of likely N-dealkylation sites (tertiary alicyclic amines) is 1. The molecule has 0 unspecified atom stereocenters. The van der Waals surface area contributed by atoms with Crippen molar-refractivity contribution < 1.29 is 14.4 Å². The number of carbonyl (C=O) groups is 3. The van der Waals surface area contributed by atoms with Crippen LogP contribution >= 0.6 is 0 Å². The summed E-state index contributed by atoms with van der Waals surface area (Å²) in [4.78, 5) is 43.8. The topological polar surface area (TPSA) is 81.8 Å². The number of anilines is 1. The molecule has 2 aromatic carbocycles. The number of aryl methyl sites for hydroxylation is 1. The minimum atomic E-state index is -0.556. The van der Waals surface area contributed by atoms with Gasteiger partial charge >= 0.3 is 0 Å². The Morgan fingerprint density at radius 2 is 1.73 bits per heavy atom. The summed E-state index contributed by atoms with van der Waals surface area (Å²) in [6, 6.07) is 17.4. The van der Waals surface area contributed by atoms with Crippen LogP contribution in [0.1, 0.15) is 57.1 Å². The molecule has 3 amide bonds. The van der Waals surface area contributed by atoms with E-state index in [2.05, 4.69) is 22.8 Å². The number of piperidine rings is 1. The molecule has 0 radical (unpaired) electrons. The molecular formula is C30H38N4O3. The van der Waals surface area contributed by atoms with Crippen LogP contribution in [0.2, 0.25) is 0 Å². The van der Waals surface area contributed by atoms with E-state index in [1.807, 2.05) is 66.1 Å². The lowest BCUT2D eigenvalue weighted by molar-refractivity contribution is -0.138. The van der Waals surface area contributed by atoms with Crippen LogP contribution in [-0.2, 0) is 26.2 Å². The smallest absolute Gasteiger partial charge is 0.245 e. The second-order valence-corrected chi connectivity index (χ2v) is 11.1. The standard InChI is InChI=1S/C30H38N4O3/c1-30(2)23-11-6-7-13-26(23)34(29(30)37)22-16-19-33(20-17-22)28(36)25(15-14-21-9-4-3-5-10-21)32-27(35)24-12-8-18-31-24/h3-7,9-11,13,22,24-25,31H,8,12,14-20H2,1-2H3,(H,32,35)/t24-,25-/m0/s1. The van der Waals surface area contributed by atoms with Crippen molar-refractivity contribution in [1.82, 2.24) is 15.5 Å². The Morgan fingerprint density at radius 3 is 2.43 bits per heavy atom. The van der Waals surface area contributed by atoms with Gasteiger partial charge in [0.05, 0.1) is 11.5 Å². The zero-order chi connectivity index (χ0) is 26.0. The first-order valence-corrected chi connectivity index (χ1v) is 13.7. The predicted molar refractivity (Wildman–Crippen MR) is 144 cm³/mol. The molecule has 5 rings (SSSR count). The van der Waals surface area contributed by atoms with Crippen molar-refractivity contribution in [3.8, 4) is 0 Å². The zero-order valence-corrected chi connectivity index (χ0v) is 21.9. The van der Waals surface area contributed by atoms with Crippen LogP contribution in [0, 0.1) is 0 Å². The molecule has 0 saturated carbocycles. The summed E-state index contributed by atoms with van der Waals surface area (Å²) in [5, 5.41) is 6.30. The van der Waals surface area contributed by atoms with Crippen molar-refractivity contribution >= 4 is 23.4 Å². The van der Waals surface area contributed by atoms with Crippen molar-refractivity contribution in [3.63, 3.8) is 0 Å². The van der Waals surface area contributed by atoms with Gasteiger partial charge in [-0.1, -0.05) is 48.5 Å². The quantitative estimate of drug-likeness (QED) is 0.610. The first-order chi connectivity index (χ1) is 17.9. The van der Waals surface area contributed by atoms with Gasteiger partial charge in [-0.15, -0.1) is 0 Å². The molecule has 0 aromatic heterocycles. The predicted octanol–water partition coefficient (Wildman–Crippen LogP) is 3.17. The zero-order valence-electron chi connectivity index (χ0n) is 21.9. The summed E-state index contributed by atoms with van der Waals surface area (Å²) < 4.78 is 0. The molecule has 37 heavy (non-hydrogen) atoms. The highest BCUT2D eigenvalue weighted by atomic mass is 16.2. The maximum atomic E-state index is 13.7. The number of nitrogens with zero attached hydrogens (tertiary/aromatic N) is 2. The van der Waals surface area contributed by atoms with Crippen LogP contribution in [0.3, 0.4) is 0 Å². The number of para-hydroxylation sites is 1. The first-order valence-electron chi connectivity index (χ1n) is 13.7. The van der Waals surface area contributed by atoms with Gasteiger partial charge in [-0.25, -0.2) is 0 Å². The van der Waals surface area contributed by atoms with Gasteiger partial charge in [-0.2, -0.15) is 0 Å². The Hall–Kier alpha value is -3.19. The van der Waals surface area contributed by atoms with Crippen LogP contribution in [0.5, 0.6) is 0 Å². The van der Waals surface area contributed by atoms with Gasteiger partial charge in [-0.05, 0) is 76.1 Å². The molecule has 2 saturated heterocycles. The van der Waals surface area contributed by atoms with E-state index in [9.17, 15) is 14.4 Å². The van der Waals surface area contributed by atoms with E-state index in [1.165, 1.54) is 0 Å². The Kier molecular flexibility index (Phi) is 7.33. The van der Waals surface area contributed by atoms with E-state index in [0.717, 1.165) is 55.5 Å². The monoisotopic (exact) mass is 502 g/mol. The van der Waals surface area contributed by atoms with Crippen LogP contribution in [-0.4, -0.2) is 60.4 Å². The fourth-order valence-electron chi connectivity index (χ4n) is 6.06. The summed E-state index contributed by atoms with van der Waals surface area (Å²) in [6.45, 7) is 5.98. The molecule has 2 atom stereocenters. The maximum Gasteiger partial charge on any atom is 0.245 e. The highest BCUT2D eigenvalue weighted by molar-refractivity contribution is 6.08. The van der Waals surface area contributed by atoms with Crippen molar-refractivity contribution in [2.45, 2.75) is 75.9 Å². The minimum absolute atomic E-state index is 0.0193. The molecule has 3 aliphatic heterocycles. The van der Waals surface area contributed by atoms with E-state index in [1.54, 1.807) is 0 Å². The molecule has 7 heteroatoms. The van der Waals surface area contributed by atoms with Gasteiger partial charge in [-0.3, -0.25) is 14.4 Å². The lowest BCUT2D eigenvalue weighted by Crippen LogP contribution is -2.56. The lowest BCUT2D eigenvalue weighted by atomic mass is 9.86. The molecule has 7 nitrogen and oxygen atoms in total. The molecule has 196 valence electrons. The van der Waals surface area contributed by atoms with Gasteiger partial charge in [0, 0.05) is 24.8 Å². The lowest BCUT2D eigenvalue weighted by Gasteiger charge is -2.39. The summed E-state index contributed by atoms with van der Waals surface area (Å²) >= 11 is 0. The van der Waals surface area contributed by atoms with Gasteiger partial charge in [0.2, 0.25) is 17.7 Å². The number of carbonyl (C=O) groups excluding carboxylic acids is 3. The van der Waals surface area contributed by atoms with Crippen LogP contribution in [0.4, 0.5) is 5.69 Å². The molecule has 0 spiro atoms. The number of nitrogens with one attached hydrogen (secondary N) is 2. The highest BCUT2D eigenvalue weighted by Crippen LogP contribution is 2.43. The van der Waals surface area contributed by atoms with E-state index in [-0.39, 0.29) is 29.8 Å². The van der Waals surface area contributed by atoms with Gasteiger partial charge in [0.15, 0.2) is 0 Å². The van der Waals surface area contributed by atoms with Crippen LogP contribution < -0.4 is 15.5 Å². The van der Waals surface area contributed by atoms with Crippen LogP contribution in [0.25, 0.3) is 0 Å². The van der Waals surface area contributed by atoms with E-state index >= 15 is 0 Å². The Balaban J connectivity index is 1.25. The average molecular weight is 503 g/mol. The number of amides is 3. The summed E-state index contributed by atoms with van der Waals surface area (Å²) in [5.74, 6) is 0.0325. The van der Waals surface area contributed by atoms with Crippen molar-refractivity contribution in [2.24, 2.45) is 0 Å². The second kappa shape index (κ2) is 10.7. The molecule has 3 aliphatic rings. The Labute approximate surface area is 219 Å². The molecule has 2 N–H and O–H groups in total. The molecule has 0 bridgehead atoms. The summed E-state index contributed by atoms with van der Waals surface area (Å²) in [5.41, 5.74) is 2.69. The number of fused-ring (bicyclic) bond motifs is 1. The second-order valence-electron chi connectivity index (χ2n) is 11.1. The van der Waals surface area contributed by atoms with Gasteiger partial charge in [0.25, 0.3) is 0 Å². The summed E-state index contributed by atoms with van der Waals surface area (Å²) in [6.07, 6.45) is 4.52. The minimum Gasteiger partial charge on any atom is -0.343 e. The largest absolute Gasteiger partial charge is 0.343 e. The SMILES string of the molecule is CC1(C)C(=O)N(C2CCN(C(=O)[C@H](CCc3ccccc3)NC(=O)[C@@H]3CCCN3)CC2)c2ccccc21. The third-order valence-corrected chi connectivity index (χ3v) is 8.29. The third-order valence-electron chi connectivity index (χ3n) is 8.29. The number of benzene rings is 2. The van der Waals surface area contributed by atoms with Gasteiger partial charge < -0.3 is 20.4 Å². The van der Waals surface area contributed by atoms with E-state index in [0.29, 0.717) is 19.5 Å². The average Bonchev–Trinajstić information content (AvgIpc) is 3.53. The fourth-order valence-corrected chi connectivity index (χ4v) is 6.06. The van der Waals surface area contributed by atoms with Crippen LogP contribution in [0.15, 0.2) is 54.6 Å². The Bertz CT molecular complexity index is 1130. The van der Waals surface area contributed by atoms with Crippen molar-refractivity contribution in [3.05, 3.63) is 65.7 Å². The van der Waals surface area contributed by atoms with Gasteiger partial charge in [0.1, 0.15) is 6.04 Å². The Morgan fingerprint density at radius 1 is 1.03 bits per heavy atom. The van der Waals surface area contributed by atoms with Crippen molar-refractivity contribution in [2.75, 3.05) is 24.5 Å². The molecular weight excluding hydrogens is 464 g/mol. The number of hydrogen-bond acceptors (Lipinski definition) is 4. The maximum absolute atomic E-state index is 13.7. The summed E-state index contributed by atoms with van der Waals surface area (Å²) in [7, 11) is 0. The number of hydrogen-bond donors (Lipinski definition) is 2. The number of rotatable bonds is 7. The molecule has 0 aliphatic carbocycles. The fraction of sp³-hybridized carbons (Fsp3) is 0.500.